The molecule has 2 rings (SSSR count). The van der Waals surface area contributed by atoms with E-state index >= 15 is 0 Å². The summed E-state index contributed by atoms with van der Waals surface area (Å²) in [7, 11) is 0. The number of hydrogen-bond acceptors (Lipinski definition) is 1. The topological polar surface area (TPSA) is 28.7 Å². The van der Waals surface area contributed by atoms with E-state index in [-0.39, 0.29) is 0 Å². The van der Waals surface area contributed by atoms with Crippen molar-refractivity contribution in [3.05, 3.63) is 28.5 Å². The second kappa shape index (κ2) is 2.49. The van der Waals surface area contributed by atoms with Crippen LogP contribution in [0.3, 0.4) is 0 Å². The Balaban J connectivity index is 2.88. The quantitative estimate of drug-likeness (QED) is 0.664. The van der Waals surface area contributed by atoms with Crippen molar-refractivity contribution in [3.63, 3.8) is 0 Å². The van der Waals surface area contributed by atoms with Gasteiger partial charge in [-0.3, -0.25) is 0 Å². The van der Waals surface area contributed by atoms with Crippen molar-refractivity contribution in [2.75, 3.05) is 0 Å². The maximum Gasteiger partial charge on any atom is 0.107 e. The van der Waals surface area contributed by atoms with Crippen molar-refractivity contribution in [2.24, 2.45) is 0 Å². The highest BCUT2D eigenvalue weighted by Crippen LogP contribution is 2.22. The van der Waals surface area contributed by atoms with Gasteiger partial charge in [0.25, 0.3) is 0 Å². The van der Waals surface area contributed by atoms with E-state index in [4.69, 9.17) is 11.6 Å². The van der Waals surface area contributed by atoms with Crippen LogP contribution in [0.15, 0.2) is 12.1 Å². The molecule has 2 aromatic rings. The van der Waals surface area contributed by atoms with Crippen molar-refractivity contribution in [2.45, 2.75) is 13.8 Å². The maximum absolute atomic E-state index is 5.99. The monoisotopic (exact) mass is 180 g/mol. The minimum Gasteiger partial charge on any atom is -0.342 e. The lowest BCUT2D eigenvalue weighted by Crippen LogP contribution is -1.75. The van der Waals surface area contributed by atoms with Crippen LogP contribution in [0.2, 0.25) is 5.02 Å². The molecule has 0 fully saturated rings. The van der Waals surface area contributed by atoms with E-state index in [0.717, 1.165) is 22.4 Å². The maximum atomic E-state index is 5.99. The SMILES string of the molecule is Cc1cc(Cl)c2nc(C)[nH]c2c1. The zero-order chi connectivity index (χ0) is 8.72. The first-order valence-corrected chi connectivity index (χ1v) is 4.17. The molecule has 0 spiro atoms. The van der Waals surface area contributed by atoms with Gasteiger partial charge in [0.1, 0.15) is 11.3 Å². The van der Waals surface area contributed by atoms with E-state index in [9.17, 15) is 0 Å². The molecule has 0 aliphatic rings. The van der Waals surface area contributed by atoms with Crippen LogP contribution in [0, 0.1) is 13.8 Å². The molecule has 1 aromatic heterocycles. The van der Waals surface area contributed by atoms with Crippen molar-refractivity contribution < 1.29 is 0 Å². The fourth-order valence-corrected chi connectivity index (χ4v) is 1.65. The first-order chi connectivity index (χ1) is 5.66. The molecule has 3 heteroatoms. The number of nitrogens with zero attached hydrogens (tertiary/aromatic N) is 1. The van der Waals surface area contributed by atoms with Crippen LogP contribution < -0.4 is 0 Å². The van der Waals surface area contributed by atoms with Gasteiger partial charge < -0.3 is 4.98 Å². The van der Waals surface area contributed by atoms with Gasteiger partial charge in [0.2, 0.25) is 0 Å². The lowest BCUT2D eigenvalue weighted by Gasteiger charge is -1.94. The molecule has 0 aliphatic heterocycles. The number of aromatic amines is 1. The number of H-pyrrole nitrogens is 1. The molecule has 0 unspecified atom stereocenters. The van der Waals surface area contributed by atoms with Crippen LogP contribution >= 0.6 is 11.6 Å². The highest BCUT2D eigenvalue weighted by Gasteiger charge is 2.03. The number of benzene rings is 1. The Bertz CT molecular complexity index is 431. The van der Waals surface area contributed by atoms with E-state index in [1.807, 2.05) is 26.0 Å². The Hall–Kier alpha value is -1.02. The molecular formula is C9H9ClN2. The summed E-state index contributed by atoms with van der Waals surface area (Å²) in [4.78, 5) is 7.41. The Morgan fingerprint density at radius 3 is 2.83 bits per heavy atom. The molecule has 0 saturated heterocycles. The summed E-state index contributed by atoms with van der Waals surface area (Å²) in [6, 6.07) is 3.96. The minimum absolute atomic E-state index is 0.717. The summed E-state index contributed by atoms with van der Waals surface area (Å²) in [5.74, 6) is 0.900. The third-order valence-electron chi connectivity index (χ3n) is 1.80. The highest BCUT2D eigenvalue weighted by atomic mass is 35.5. The predicted molar refractivity (Wildman–Crippen MR) is 50.6 cm³/mol. The van der Waals surface area contributed by atoms with Gasteiger partial charge in [0, 0.05) is 0 Å². The summed E-state index contributed by atoms with van der Waals surface area (Å²) in [6.45, 7) is 3.94. The van der Waals surface area contributed by atoms with Crippen molar-refractivity contribution in [3.8, 4) is 0 Å². The molecule has 1 N–H and O–H groups in total. The van der Waals surface area contributed by atoms with Gasteiger partial charge in [-0.15, -0.1) is 0 Å². The molecule has 0 saturated carbocycles. The Morgan fingerprint density at radius 1 is 1.33 bits per heavy atom. The first-order valence-electron chi connectivity index (χ1n) is 3.79. The number of imidazole rings is 1. The molecule has 12 heavy (non-hydrogen) atoms. The van der Waals surface area contributed by atoms with Crippen LogP contribution in [-0.4, -0.2) is 9.97 Å². The lowest BCUT2D eigenvalue weighted by atomic mass is 10.2. The molecule has 0 bridgehead atoms. The van der Waals surface area contributed by atoms with Gasteiger partial charge >= 0.3 is 0 Å². The van der Waals surface area contributed by atoms with Gasteiger partial charge in [0.05, 0.1) is 10.5 Å². The molecule has 1 aromatic carbocycles. The number of aromatic nitrogens is 2. The number of fused-ring (bicyclic) bond motifs is 1. The van der Waals surface area contributed by atoms with Crippen molar-refractivity contribution in [1.29, 1.82) is 0 Å². The normalized spacial score (nSPS) is 10.9. The van der Waals surface area contributed by atoms with E-state index in [2.05, 4.69) is 9.97 Å². The smallest absolute Gasteiger partial charge is 0.107 e. The standard InChI is InChI=1S/C9H9ClN2/c1-5-3-7(10)9-8(4-5)11-6(2)12-9/h3-4H,1-2H3,(H,11,12). The zero-order valence-corrected chi connectivity index (χ0v) is 7.74. The number of aryl methyl sites for hydroxylation is 2. The lowest BCUT2D eigenvalue weighted by molar-refractivity contribution is 1.17. The number of halogens is 1. The summed E-state index contributed by atoms with van der Waals surface area (Å²) >= 11 is 5.99. The van der Waals surface area contributed by atoms with Crippen molar-refractivity contribution in [1.82, 2.24) is 9.97 Å². The van der Waals surface area contributed by atoms with E-state index in [1.165, 1.54) is 0 Å². The van der Waals surface area contributed by atoms with E-state index in [1.54, 1.807) is 0 Å². The zero-order valence-electron chi connectivity index (χ0n) is 6.98. The van der Waals surface area contributed by atoms with Crippen LogP contribution in [0.25, 0.3) is 11.0 Å². The van der Waals surface area contributed by atoms with Gasteiger partial charge in [-0.25, -0.2) is 4.98 Å². The fourth-order valence-electron chi connectivity index (χ4n) is 1.33. The van der Waals surface area contributed by atoms with Gasteiger partial charge in [-0.2, -0.15) is 0 Å². The van der Waals surface area contributed by atoms with E-state index < -0.39 is 0 Å². The second-order valence-electron chi connectivity index (χ2n) is 2.97. The highest BCUT2D eigenvalue weighted by molar-refractivity contribution is 6.35. The average Bonchev–Trinajstić information content (AvgIpc) is 2.29. The van der Waals surface area contributed by atoms with Crippen LogP contribution in [0.5, 0.6) is 0 Å². The van der Waals surface area contributed by atoms with Crippen LogP contribution in [0.1, 0.15) is 11.4 Å². The molecule has 0 aliphatic carbocycles. The summed E-state index contributed by atoms with van der Waals surface area (Å²) < 4.78 is 0. The molecule has 1 heterocycles. The Kier molecular flexibility index (Phi) is 1.58. The average molecular weight is 181 g/mol. The number of rotatable bonds is 0. The van der Waals surface area contributed by atoms with Gasteiger partial charge in [0.15, 0.2) is 0 Å². The van der Waals surface area contributed by atoms with E-state index in [0.29, 0.717) is 5.02 Å². The second-order valence-corrected chi connectivity index (χ2v) is 3.37. The predicted octanol–water partition coefficient (Wildman–Crippen LogP) is 2.83. The summed E-state index contributed by atoms with van der Waals surface area (Å²) in [5.41, 5.74) is 3.02. The van der Waals surface area contributed by atoms with Crippen LogP contribution in [-0.2, 0) is 0 Å². The molecule has 62 valence electrons. The third-order valence-corrected chi connectivity index (χ3v) is 2.09. The van der Waals surface area contributed by atoms with Gasteiger partial charge in [-0.05, 0) is 31.5 Å². The van der Waals surface area contributed by atoms with Crippen molar-refractivity contribution >= 4 is 22.6 Å². The molecule has 2 nitrogen and oxygen atoms in total. The Labute approximate surface area is 75.6 Å². The molecular weight excluding hydrogens is 172 g/mol. The largest absolute Gasteiger partial charge is 0.342 e. The molecule has 0 radical (unpaired) electrons. The molecule has 0 amide bonds. The minimum atomic E-state index is 0.717. The third kappa shape index (κ3) is 1.08. The van der Waals surface area contributed by atoms with Gasteiger partial charge in [-0.1, -0.05) is 11.6 Å². The first kappa shape index (κ1) is 7.62. The number of nitrogens with one attached hydrogen (secondary N) is 1. The van der Waals surface area contributed by atoms with Crippen LogP contribution in [0.4, 0.5) is 0 Å². The molecule has 0 atom stereocenters. The number of hydrogen-bond donors (Lipinski definition) is 1. The summed E-state index contributed by atoms with van der Waals surface area (Å²) in [6.07, 6.45) is 0. The summed E-state index contributed by atoms with van der Waals surface area (Å²) in [5, 5.41) is 0.717. The fraction of sp³-hybridized carbons (Fsp3) is 0.222. The Morgan fingerprint density at radius 2 is 2.08 bits per heavy atom.